The maximum absolute atomic E-state index is 5.34. The molecule has 0 amide bonds. The number of fused-ring (bicyclic) bond motifs is 7. The van der Waals surface area contributed by atoms with Crippen molar-refractivity contribution in [3.63, 3.8) is 0 Å². The first-order valence-corrected chi connectivity index (χ1v) is 18.9. The normalized spacial score (nSPS) is 11.6. The molecule has 0 radical (unpaired) electrons. The number of hydrogen-bond acceptors (Lipinski definition) is 3. The predicted molar refractivity (Wildman–Crippen MR) is 230 cm³/mol. The summed E-state index contributed by atoms with van der Waals surface area (Å²) in [4.78, 5) is 15.7. The van der Waals surface area contributed by atoms with Crippen LogP contribution in [0.5, 0.6) is 0 Å². The van der Waals surface area contributed by atoms with Crippen molar-refractivity contribution in [2.24, 2.45) is 0 Å². The van der Waals surface area contributed by atoms with Crippen molar-refractivity contribution in [1.29, 1.82) is 0 Å². The second-order valence-corrected chi connectivity index (χ2v) is 14.0. The Labute approximate surface area is 323 Å². The van der Waals surface area contributed by atoms with Crippen LogP contribution in [0.4, 0.5) is 0 Å². The molecule has 8 aromatic carbocycles. The fourth-order valence-electron chi connectivity index (χ4n) is 8.33. The van der Waals surface area contributed by atoms with Gasteiger partial charge in [0.15, 0.2) is 17.5 Å². The number of nitrogens with zero attached hydrogens (tertiary/aromatic N) is 5. The number of para-hydroxylation sites is 4. The molecule has 0 aliphatic carbocycles. The molecular weight excluding hydrogens is 683 g/mol. The zero-order chi connectivity index (χ0) is 37.0. The van der Waals surface area contributed by atoms with Gasteiger partial charge in [-0.1, -0.05) is 164 Å². The van der Waals surface area contributed by atoms with E-state index in [1.54, 1.807) is 0 Å². The Morgan fingerprint density at radius 1 is 0.286 bits per heavy atom. The van der Waals surface area contributed by atoms with Gasteiger partial charge in [0.05, 0.1) is 27.8 Å². The quantitative estimate of drug-likeness (QED) is 0.172. The van der Waals surface area contributed by atoms with Crippen LogP contribution in [0, 0.1) is 0 Å². The van der Waals surface area contributed by atoms with Gasteiger partial charge in [-0.05, 0) is 47.5 Å². The van der Waals surface area contributed by atoms with Crippen LogP contribution in [0.3, 0.4) is 0 Å². The van der Waals surface area contributed by atoms with Gasteiger partial charge >= 0.3 is 0 Å². The van der Waals surface area contributed by atoms with Crippen LogP contribution in [0.1, 0.15) is 0 Å². The number of aromatic nitrogens is 5. The Morgan fingerprint density at radius 2 is 0.732 bits per heavy atom. The first-order chi connectivity index (χ1) is 27.8. The van der Waals surface area contributed by atoms with Gasteiger partial charge in [-0.15, -0.1) is 0 Å². The van der Waals surface area contributed by atoms with E-state index < -0.39 is 0 Å². The topological polar surface area (TPSA) is 48.5 Å². The lowest BCUT2D eigenvalue weighted by Gasteiger charge is -2.16. The first-order valence-electron chi connectivity index (χ1n) is 18.9. The molecule has 0 bridgehead atoms. The largest absolute Gasteiger partial charge is 0.307 e. The second kappa shape index (κ2) is 13.0. The average Bonchev–Trinajstić information content (AvgIpc) is 3.80. The SMILES string of the molecule is c1ccc(-c2nc(-c3ccccc3-c3ccccc3)nc(-c3ccccc3-n3c4ccccc4c4ccc5c6ccccc6n(-c6ccccc6)c5c43)n2)cc1. The van der Waals surface area contributed by atoms with Crippen molar-refractivity contribution in [1.82, 2.24) is 24.1 Å². The molecule has 3 heterocycles. The maximum Gasteiger partial charge on any atom is 0.166 e. The molecular formula is C51H33N5. The van der Waals surface area contributed by atoms with Gasteiger partial charge in [0.2, 0.25) is 0 Å². The Balaban J connectivity index is 1.24. The van der Waals surface area contributed by atoms with Crippen LogP contribution in [0.2, 0.25) is 0 Å². The van der Waals surface area contributed by atoms with Gasteiger partial charge in [-0.25, -0.2) is 15.0 Å². The fraction of sp³-hybridized carbons (Fsp3) is 0. The molecule has 0 saturated carbocycles. The summed E-state index contributed by atoms with van der Waals surface area (Å²) >= 11 is 0. The lowest BCUT2D eigenvalue weighted by molar-refractivity contribution is 1.06. The minimum Gasteiger partial charge on any atom is -0.307 e. The number of benzene rings is 8. The summed E-state index contributed by atoms with van der Waals surface area (Å²) in [6.07, 6.45) is 0. The lowest BCUT2D eigenvalue weighted by atomic mass is 9.99. The third-order valence-electron chi connectivity index (χ3n) is 10.8. The summed E-state index contributed by atoms with van der Waals surface area (Å²) < 4.78 is 4.84. The minimum atomic E-state index is 0.606. The van der Waals surface area contributed by atoms with Crippen LogP contribution < -0.4 is 0 Å². The Hall–Kier alpha value is -7.63. The average molecular weight is 716 g/mol. The molecule has 0 aliphatic rings. The summed E-state index contributed by atoms with van der Waals surface area (Å²) in [6.45, 7) is 0. The van der Waals surface area contributed by atoms with Crippen molar-refractivity contribution in [3.05, 3.63) is 200 Å². The summed E-state index contributed by atoms with van der Waals surface area (Å²) in [5.74, 6) is 1.85. The van der Waals surface area contributed by atoms with Gasteiger partial charge < -0.3 is 9.13 Å². The Bertz CT molecular complexity index is 3240. The third kappa shape index (κ3) is 5.06. The van der Waals surface area contributed by atoms with E-state index in [4.69, 9.17) is 15.0 Å². The fourth-order valence-corrected chi connectivity index (χ4v) is 8.33. The summed E-state index contributed by atoms with van der Waals surface area (Å²) in [5.41, 5.74) is 11.6. The zero-order valence-corrected chi connectivity index (χ0v) is 30.3. The van der Waals surface area contributed by atoms with E-state index in [-0.39, 0.29) is 0 Å². The van der Waals surface area contributed by atoms with Gasteiger partial charge in [0.25, 0.3) is 0 Å². The second-order valence-electron chi connectivity index (χ2n) is 14.0. The molecule has 0 N–H and O–H groups in total. The summed E-state index contributed by atoms with van der Waals surface area (Å²) in [6, 6.07) is 70.2. The highest BCUT2D eigenvalue weighted by molar-refractivity contribution is 6.24. The molecule has 11 rings (SSSR count). The van der Waals surface area contributed by atoms with Crippen LogP contribution in [0.15, 0.2) is 200 Å². The molecule has 3 aromatic heterocycles. The number of hydrogen-bond donors (Lipinski definition) is 0. The van der Waals surface area contributed by atoms with E-state index >= 15 is 0 Å². The smallest absolute Gasteiger partial charge is 0.166 e. The molecule has 0 spiro atoms. The van der Waals surface area contributed by atoms with E-state index in [9.17, 15) is 0 Å². The highest BCUT2D eigenvalue weighted by atomic mass is 15.1. The molecule has 0 unspecified atom stereocenters. The van der Waals surface area contributed by atoms with E-state index in [0.29, 0.717) is 17.5 Å². The van der Waals surface area contributed by atoms with Gasteiger partial charge in [-0.3, -0.25) is 0 Å². The van der Waals surface area contributed by atoms with Crippen molar-refractivity contribution >= 4 is 43.6 Å². The van der Waals surface area contributed by atoms with Crippen LogP contribution in [0.25, 0.3) is 100 Å². The van der Waals surface area contributed by atoms with Crippen molar-refractivity contribution in [2.75, 3.05) is 0 Å². The van der Waals surface area contributed by atoms with Crippen molar-refractivity contribution < 1.29 is 0 Å². The standard InChI is InChI=1S/C51H33N5/c1-4-18-34(19-5-1)37-24-10-11-27-42(37)50-52-49(35-20-6-2-7-21-35)53-51(54-50)43-28-14-17-31-46(43)56-45-30-16-13-26-39(45)41-33-32-40-38-25-12-15-29-44(38)55(47(40)48(41)56)36-22-8-3-9-23-36/h1-33H. The zero-order valence-electron chi connectivity index (χ0n) is 30.3. The first kappa shape index (κ1) is 31.9. The molecule has 56 heavy (non-hydrogen) atoms. The Morgan fingerprint density at radius 3 is 1.39 bits per heavy atom. The van der Waals surface area contributed by atoms with Gasteiger partial charge in [0, 0.05) is 43.9 Å². The monoisotopic (exact) mass is 715 g/mol. The summed E-state index contributed by atoms with van der Waals surface area (Å²) in [7, 11) is 0. The molecule has 5 heteroatoms. The third-order valence-corrected chi connectivity index (χ3v) is 10.8. The van der Waals surface area contributed by atoms with Crippen LogP contribution in [-0.4, -0.2) is 24.1 Å². The van der Waals surface area contributed by atoms with E-state index in [0.717, 1.165) is 61.3 Å². The lowest BCUT2D eigenvalue weighted by Crippen LogP contribution is -2.04. The minimum absolute atomic E-state index is 0.606. The number of rotatable bonds is 6. The molecule has 0 fully saturated rings. The highest BCUT2D eigenvalue weighted by Gasteiger charge is 2.24. The van der Waals surface area contributed by atoms with Crippen LogP contribution in [-0.2, 0) is 0 Å². The van der Waals surface area contributed by atoms with E-state index in [1.807, 2.05) is 24.3 Å². The highest BCUT2D eigenvalue weighted by Crippen LogP contribution is 2.43. The predicted octanol–water partition coefficient (Wildman–Crippen LogP) is 12.7. The van der Waals surface area contributed by atoms with Gasteiger partial charge in [0.1, 0.15) is 0 Å². The Kier molecular flexibility index (Phi) is 7.42. The van der Waals surface area contributed by atoms with Crippen LogP contribution >= 0.6 is 0 Å². The van der Waals surface area contributed by atoms with Gasteiger partial charge in [-0.2, -0.15) is 0 Å². The molecule has 0 aliphatic heterocycles. The van der Waals surface area contributed by atoms with Crippen molar-refractivity contribution in [2.45, 2.75) is 0 Å². The van der Waals surface area contributed by atoms with Crippen molar-refractivity contribution in [3.8, 4) is 56.7 Å². The van der Waals surface area contributed by atoms with E-state index in [1.165, 1.54) is 21.5 Å². The molecule has 0 saturated heterocycles. The molecule has 11 aromatic rings. The molecule has 5 nitrogen and oxygen atoms in total. The molecule has 262 valence electrons. The summed E-state index contributed by atoms with van der Waals surface area (Å²) in [5, 5.41) is 4.78. The van der Waals surface area contributed by atoms with E-state index in [2.05, 4.69) is 185 Å². The maximum atomic E-state index is 5.34. The molecule has 0 atom stereocenters.